The fourth-order valence-electron chi connectivity index (χ4n) is 1.77. The third-order valence-corrected chi connectivity index (χ3v) is 2.48. The van der Waals surface area contributed by atoms with E-state index in [1.807, 2.05) is 20.8 Å². The molecule has 4 heteroatoms. The summed E-state index contributed by atoms with van der Waals surface area (Å²) in [4.78, 5) is 13.3. The molecule has 0 aromatic heterocycles. The molecule has 1 unspecified atom stereocenters. The van der Waals surface area contributed by atoms with E-state index >= 15 is 0 Å². The van der Waals surface area contributed by atoms with Crippen molar-refractivity contribution in [2.45, 2.75) is 26.9 Å². The number of nitrogen functional groups attached to an aromatic ring is 1. The van der Waals surface area contributed by atoms with Gasteiger partial charge in [0.2, 0.25) is 0 Å². The molecular weight excluding hydrogens is 228 g/mol. The van der Waals surface area contributed by atoms with Gasteiger partial charge in [-0.1, -0.05) is 20.4 Å². The Morgan fingerprint density at radius 3 is 2.83 bits per heavy atom. The normalized spacial score (nSPS) is 16.8. The summed E-state index contributed by atoms with van der Waals surface area (Å²) in [6.45, 7) is 9.93. The van der Waals surface area contributed by atoms with Crippen molar-refractivity contribution in [3.63, 3.8) is 0 Å². The number of anilines is 2. The third kappa shape index (κ3) is 2.83. The van der Waals surface area contributed by atoms with E-state index in [1.54, 1.807) is 23.1 Å². The largest absolute Gasteiger partial charge is 0.487 e. The number of amides is 1. The van der Waals surface area contributed by atoms with Crippen LogP contribution in [0.5, 0.6) is 5.75 Å². The Labute approximate surface area is 108 Å². The summed E-state index contributed by atoms with van der Waals surface area (Å²) < 4.78 is 5.63. The Hall–Kier alpha value is -1.97. The smallest absolute Gasteiger partial charge is 0.250 e. The van der Waals surface area contributed by atoms with Gasteiger partial charge in [-0.15, -0.1) is 0 Å². The maximum Gasteiger partial charge on any atom is 0.250 e. The van der Waals surface area contributed by atoms with E-state index in [2.05, 4.69) is 6.58 Å². The van der Waals surface area contributed by atoms with Crippen molar-refractivity contribution in [2.24, 2.45) is 0 Å². The molecule has 1 aliphatic heterocycles. The van der Waals surface area contributed by atoms with Gasteiger partial charge in [-0.05, 0) is 31.2 Å². The van der Waals surface area contributed by atoms with Gasteiger partial charge >= 0.3 is 0 Å². The molecule has 0 spiro atoms. The zero-order valence-corrected chi connectivity index (χ0v) is 11.1. The van der Waals surface area contributed by atoms with Gasteiger partial charge < -0.3 is 15.4 Å². The Bertz CT molecular complexity index is 443. The van der Waals surface area contributed by atoms with E-state index in [0.29, 0.717) is 23.7 Å². The molecule has 1 heterocycles. The van der Waals surface area contributed by atoms with Crippen molar-refractivity contribution in [1.82, 2.24) is 0 Å². The quantitative estimate of drug-likeness (QED) is 0.614. The van der Waals surface area contributed by atoms with E-state index in [0.717, 1.165) is 0 Å². The number of ether oxygens (including phenoxy) is 1. The van der Waals surface area contributed by atoms with E-state index in [1.165, 1.54) is 6.08 Å². The highest BCUT2D eigenvalue weighted by Crippen LogP contribution is 2.35. The lowest BCUT2D eigenvalue weighted by molar-refractivity contribution is -0.114. The minimum Gasteiger partial charge on any atom is -0.487 e. The first-order valence-electron chi connectivity index (χ1n) is 6.12. The molecule has 1 aromatic carbocycles. The van der Waals surface area contributed by atoms with Crippen LogP contribution in [-0.4, -0.2) is 18.6 Å². The molecule has 0 aliphatic carbocycles. The van der Waals surface area contributed by atoms with Crippen molar-refractivity contribution in [2.75, 3.05) is 17.2 Å². The van der Waals surface area contributed by atoms with Gasteiger partial charge in [0.15, 0.2) is 0 Å². The third-order valence-electron chi connectivity index (χ3n) is 2.48. The van der Waals surface area contributed by atoms with E-state index in [4.69, 9.17) is 10.5 Å². The first-order chi connectivity index (χ1) is 8.61. The van der Waals surface area contributed by atoms with E-state index < -0.39 is 0 Å². The number of carbonyl (C=O) groups is 1. The summed E-state index contributed by atoms with van der Waals surface area (Å²) in [6.07, 6.45) is 1.27. The van der Waals surface area contributed by atoms with Gasteiger partial charge in [-0.3, -0.25) is 4.79 Å². The summed E-state index contributed by atoms with van der Waals surface area (Å²) in [5.74, 6) is 0.546. The molecule has 2 rings (SSSR count). The predicted molar refractivity (Wildman–Crippen MR) is 74.8 cm³/mol. The molecule has 0 saturated carbocycles. The minimum absolute atomic E-state index is 0.0278. The molecule has 1 atom stereocenters. The number of fused-ring (bicyclic) bond motifs is 1. The van der Waals surface area contributed by atoms with Crippen molar-refractivity contribution in [3.8, 4) is 5.75 Å². The zero-order chi connectivity index (χ0) is 13.7. The van der Waals surface area contributed by atoms with Crippen LogP contribution in [0, 0.1) is 0 Å². The summed E-state index contributed by atoms with van der Waals surface area (Å²) in [6, 6.07) is 5.28. The van der Waals surface area contributed by atoms with Crippen molar-refractivity contribution < 1.29 is 9.53 Å². The number of hydrogen-bond acceptors (Lipinski definition) is 3. The molecule has 18 heavy (non-hydrogen) atoms. The summed E-state index contributed by atoms with van der Waals surface area (Å²) in [7, 11) is 0. The molecule has 1 aromatic rings. The molecule has 1 amide bonds. The predicted octanol–water partition coefficient (Wildman–Crippen LogP) is 2.59. The van der Waals surface area contributed by atoms with Gasteiger partial charge in [0.05, 0.1) is 12.2 Å². The lowest BCUT2D eigenvalue weighted by Gasteiger charge is -2.32. The number of nitrogens with two attached hydrogens (primary N) is 1. The van der Waals surface area contributed by atoms with Crippen LogP contribution in [0.1, 0.15) is 20.8 Å². The molecule has 1 aliphatic rings. The zero-order valence-electron chi connectivity index (χ0n) is 11.1. The molecule has 2 N–H and O–H groups in total. The van der Waals surface area contributed by atoms with Crippen LogP contribution in [0.3, 0.4) is 0 Å². The Morgan fingerprint density at radius 1 is 1.56 bits per heavy atom. The molecular formula is C14H20N2O2. The Kier molecular flexibility index (Phi) is 4.77. The van der Waals surface area contributed by atoms with Crippen LogP contribution >= 0.6 is 0 Å². The first-order valence-corrected chi connectivity index (χ1v) is 6.12. The van der Waals surface area contributed by atoms with E-state index in [9.17, 15) is 4.79 Å². The standard InChI is InChI=1S/C12H14N2O2.C2H6/c1-3-12(15)14-7-8(2)16-11-5-4-9(13)6-10(11)14;1-2/h3-6,8H,1,7,13H2,2H3;1-2H3. The lowest BCUT2D eigenvalue weighted by Crippen LogP contribution is -2.41. The molecule has 98 valence electrons. The molecule has 4 nitrogen and oxygen atoms in total. The van der Waals surface area contributed by atoms with Crippen LogP contribution in [0.4, 0.5) is 11.4 Å². The van der Waals surface area contributed by atoms with Crippen molar-refractivity contribution >= 4 is 17.3 Å². The topological polar surface area (TPSA) is 55.6 Å². The number of nitrogens with zero attached hydrogens (tertiary/aromatic N) is 1. The van der Waals surface area contributed by atoms with Gasteiger partial charge in [-0.25, -0.2) is 0 Å². The highest BCUT2D eigenvalue weighted by molar-refractivity contribution is 6.02. The summed E-state index contributed by atoms with van der Waals surface area (Å²) in [5, 5.41) is 0. The van der Waals surface area contributed by atoms with Gasteiger partial charge in [0.1, 0.15) is 11.9 Å². The summed E-state index contributed by atoms with van der Waals surface area (Å²) in [5.41, 5.74) is 7.02. The van der Waals surface area contributed by atoms with Crippen LogP contribution in [0.2, 0.25) is 0 Å². The van der Waals surface area contributed by atoms with Crippen LogP contribution in [0.25, 0.3) is 0 Å². The van der Waals surface area contributed by atoms with Gasteiger partial charge in [0, 0.05) is 5.69 Å². The maximum absolute atomic E-state index is 11.7. The first kappa shape index (κ1) is 14.1. The monoisotopic (exact) mass is 248 g/mol. The second kappa shape index (κ2) is 6.10. The summed E-state index contributed by atoms with van der Waals surface area (Å²) >= 11 is 0. The molecule has 0 fully saturated rings. The lowest BCUT2D eigenvalue weighted by atomic mass is 10.2. The minimum atomic E-state index is -0.137. The average molecular weight is 248 g/mol. The second-order valence-electron chi connectivity index (χ2n) is 3.81. The van der Waals surface area contributed by atoms with Crippen molar-refractivity contribution in [1.29, 1.82) is 0 Å². The second-order valence-corrected chi connectivity index (χ2v) is 3.81. The number of rotatable bonds is 1. The molecule has 0 saturated heterocycles. The van der Waals surface area contributed by atoms with Crippen molar-refractivity contribution in [3.05, 3.63) is 30.9 Å². The van der Waals surface area contributed by atoms with Crippen LogP contribution in [-0.2, 0) is 4.79 Å². The maximum atomic E-state index is 11.7. The molecule has 0 bridgehead atoms. The fraction of sp³-hybridized carbons (Fsp3) is 0.357. The van der Waals surface area contributed by atoms with Crippen LogP contribution in [0.15, 0.2) is 30.9 Å². The average Bonchev–Trinajstić information content (AvgIpc) is 2.40. The fourth-order valence-corrected chi connectivity index (χ4v) is 1.77. The number of hydrogen-bond donors (Lipinski definition) is 1. The number of carbonyl (C=O) groups excluding carboxylic acids is 1. The number of benzene rings is 1. The molecule has 0 radical (unpaired) electrons. The Balaban J connectivity index is 0.000000771. The van der Waals surface area contributed by atoms with Gasteiger partial charge in [0.25, 0.3) is 5.91 Å². The van der Waals surface area contributed by atoms with Crippen LogP contribution < -0.4 is 15.4 Å². The Morgan fingerprint density at radius 2 is 2.22 bits per heavy atom. The highest BCUT2D eigenvalue weighted by atomic mass is 16.5. The van der Waals surface area contributed by atoms with E-state index in [-0.39, 0.29) is 12.0 Å². The van der Waals surface area contributed by atoms with Gasteiger partial charge in [-0.2, -0.15) is 0 Å². The highest BCUT2D eigenvalue weighted by Gasteiger charge is 2.26. The SMILES string of the molecule is C=CC(=O)N1CC(C)Oc2ccc(N)cc21.CC.